The predicted molar refractivity (Wildman–Crippen MR) is 45.1 cm³/mol. The fourth-order valence-corrected chi connectivity index (χ4v) is 3.36. The number of esters is 1. The number of hydrogen-bond donors (Lipinski definition) is 0. The molecule has 2 fully saturated rings. The van der Waals surface area contributed by atoms with E-state index >= 15 is 0 Å². The molecule has 2 heterocycles. The van der Waals surface area contributed by atoms with Gasteiger partial charge in [-0.25, -0.2) is 4.79 Å². The van der Waals surface area contributed by atoms with Crippen LogP contribution in [0.3, 0.4) is 0 Å². The quantitative estimate of drug-likeness (QED) is 0.312. The van der Waals surface area contributed by atoms with Gasteiger partial charge in [-0.05, 0) is 11.2 Å². The van der Waals surface area contributed by atoms with Crippen LogP contribution in [0.1, 0.15) is 12.8 Å². The Kier molecular flexibility index (Phi) is 1.70. The zero-order chi connectivity index (χ0) is 8.77. The summed E-state index contributed by atoms with van der Waals surface area (Å²) in [6, 6.07) is 0. The standard InChI is InChI=1S/C8H10O3S/c1-6-4-8(11-7(6)9)2-3-12(10)5-8/h1-5H2. The smallest absolute Gasteiger partial charge is 0.334 e. The molecule has 0 N–H and O–H groups in total. The lowest BCUT2D eigenvalue weighted by atomic mass is 9.98. The topological polar surface area (TPSA) is 49.4 Å². The molecule has 66 valence electrons. The van der Waals surface area contributed by atoms with Crippen molar-refractivity contribution in [1.29, 1.82) is 0 Å². The van der Waals surface area contributed by atoms with Crippen LogP contribution in [0.4, 0.5) is 0 Å². The monoisotopic (exact) mass is 186 g/mol. The lowest BCUT2D eigenvalue weighted by Gasteiger charge is -2.16. The van der Waals surface area contributed by atoms with Gasteiger partial charge in [-0.3, -0.25) is 0 Å². The first kappa shape index (κ1) is 8.13. The summed E-state index contributed by atoms with van der Waals surface area (Å²) in [5, 5.41) is 0. The maximum absolute atomic E-state index is 11.1. The van der Waals surface area contributed by atoms with Crippen LogP contribution in [0.15, 0.2) is 12.2 Å². The molecule has 0 aromatic rings. The highest BCUT2D eigenvalue weighted by Crippen LogP contribution is 2.38. The highest BCUT2D eigenvalue weighted by atomic mass is 32.2. The molecule has 2 unspecified atom stereocenters. The van der Waals surface area contributed by atoms with Crippen molar-refractivity contribution >= 4 is 17.1 Å². The molecule has 2 aliphatic rings. The van der Waals surface area contributed by atoms with Gasteiger partial charge in [0.1, 0.15) is 11.5 Å². The molecule has 2 atom stereocenters. The first-order valence-electron chi connectivity index (χ1n) is 3.87. The van der Waals surface area contributed by atoms with Gasteiger partial charge in [0, 0.05) is 18.4 Å². The lowest BCUT2D eigenvalue weighted by Crippen LogP contribution is -2.29. The summed E-state index contributed by atoms with van der Waals surface area (Å²) < 4.78 is 16.3. The van der Waals surface area contributed by atoms with Crippen LogP contribution in [-0.2, 0) is 20.7 Å². The SMILES string of the molecule is C=C1CC2(CC[S+]([O-])C2)OC1=O. The molecular weight excluding hydrogens is 176 g/mol. The summed E-state index contributed by atoms with van der Waals surface area (Å²) >= 11 is -0.800. The predicted octanol–water partition coefficient (Wildman–Crippen LogP) is 0.381. The Hall–Kier alpha value is -0.480. The van der Waals surface area contributed by atoms with E-state index in [-0.39, 0.29) is 5.97 Å². The molecule has 4 heteroatoms. The van der Waals surface area contributed by atoms with Crippen molar-refractivity contribution in [3.8, 4) is 0 Å². The van der Waals surface area contributed by atoms with Crippen molar-refractivity contribution in [3.63, 3.8) is 0 Å². The van der Waals surface area contributed by atoms with Gasteiger partial charge in [-0.2, -0.15) is 0 Å². The fourth-order valence-electron chi connectivity index (χ4n) is 1.72. The Morgan fingerprint density at radius 1 is 1.67 bits per heavy atom. The van der Waals surface area contributed by atoms with Crippen molar-refractivity contribution in [3.05, 3.63) is 12.2 Å². The largest absolute Gasteiger partial charge is 0.616 e. The molecule has 3 nitrogen and oxygen atoms in total. The van der Waals surface area contributed by atoms with Crippen LogP contribution in [0.25, 0.3) is 0 Å². The zero-order valence-electron chi connectivity index (χ0n) is 6.67. The summed E-state index contributed by atoms with van der Waals surface area (Å²) in [5.41, 5.74) is 0.0767. The minimum absolute atomic E-state index is 0.311. The van der Waals surface area contributed by atoms with Crippen LogP contribution in [0.2, 0.25) is 0 Å². The van der Waals surface area contributed by atoms with Crippen molar-refractivity contribution in [2.75, 3.05) is 11.5 Å². The molecule has 0 radical (unpaired) electrons. The molecule has 0 saturated carbocycles. The van der Waals surface area contributed by atoms with Crippen molar-refractivity contribution in [2.24, 2.45) is 0 Å². The summed E-state index contributed by atoms with van der Waals surface area (Å²) in [7, 11) is 0. The Morgan fingerprint density at radius 2 is 2.42 bits per heavy atom. The molecule has 0 aromatic heterocycles. The van der Waals surface area contributed by atoms with E-state index in [0.717, 1.165) is 6.42 Å². The highest BCUT2D eigenvalue weighted by molar-refractivity contribution is 7.91. The summed E-state index contributed by atoms with van der Waals surface area (Å²) in [6.45, 7) is 3.61. The van der Waals surface area contributed by atoms with E-state index in [0.29, 0.717) is 23.5 Å². The number of rotatable bonds is 0. The van der Waals surface area contributed by atoms with E-state index in [1.807, 2.05) is 0 Å². The molecule has 0 aliphatic carbocycles. The number of carbonyl (C=O) groups is 1. The van der Waals surface area contributed by atoms with Gasteiger partial charge in [0.05, 0.1) is 0 Å². The minimum Gasteiger partial charge on any atom is -0.616 e. The molecule has 1 spiro atoms. The molecule has 0 bridgehead atoms. The van der Waals surface area contributed by atoms with Crippen molar-refractivity contribution < 1.29 is 14.1 Å². The molecule has 0 aromatic carbocycles. The Balaban J connectivity index is 2.15. The molecule has 2 aliphatic heterocycles. The molecular formula is C8H10O3S. The van der Waals surface area contributed by atoms with Crippen LogP contribution in [0.5, 0.6) is 0 Å². The van der Waals surface area contributed by atoms with Crippen LogP contribution < -0.4 is 0 Å². The first-order chi connectivity index (χ1) is 5.61. The third-order valence-electron chi connectivity index (χ3n) is 2.34. The number of ether oxygens (including phenoxy) is 1. The van der Waals surface area contributed by atoms with Gasteiger partial charge in [-0.15, -0.1) is 0 Å². The maximum atomic E-state index is 11.1. The van der Waals surface area contributed by atoms with Crippen LogP contribution >= 0.6 is 0 Å². The molecule has 2 rings (SSSR count). The van der Waals surface area contributed by atoms with Crippen molar-refractivity contribution in [2.45, 2.75) is 18.4 Å². The van der Waals surface area contributed by atoms with Crippen LogP contribution in [0, 0.1) is 0 Å². The summed E-state index contributed by atoms with van der Waals surface area (Å²) in [6.07, 6.45) is 1.29. The molecule has 0 amide bonds. The number of carbonyl (C=O) groups excluding carboxylic acids is 1. The Bertz CT molecular complexity index is 233. The first-order valence-corrected chi connectivity index (χ1v) is 5.36. The molecule has 2 saturated heterocycles. The van der Waals surface area contributed by atoms with Gasteiger partial charge in [0.15, 0.2) is 5.60 Å². The Labute approximate surface area is 74.0 Å². The third kappa shape index (κ3) is 1.15. The maximum Gasteiger partial charge on any atom is 0.334 e. The van der Waals surface area contributed by atoms with E-state index in [2.05, 4.69) is 6.58 Å². The summed E-state index contributed by atoms with van der Waals surface area (Å²) in [4.78, 5) is 11.0. The average molecular weight is 186 g/mol. The second-order valence-corrected chi connectivity index (χ2v) is 4.97. The van der Waals surface area contributed by atoms with Crippen molar-refractivity contribution in [1.82, 2.24) is 0 Å². The van der Waals surface area contributed by atoms with Gasteiger partial charge in [0.25, 0.3) is 0 Å². The van der Waals surface area contributed by atoms with E-state index in [9.17, 15) is 9.35 Å². The Morgan fingerprint density at radius 3 is 2.83 bits per heavy atom. The van der Waals surface area contributed by atoms with E-state index in [4.69, 9.17) is 4.74 Å². The van der Waals surface area contributed by atoms with E-state index in [1.54, 1.807) is 0 Å². The average Bonchev–Trinajstić information content (AvgIpc) is 2.42. The minimum atomic E-state index is -0.800. The highest BCUT2D eigenvalue weighted by Gasteiger charge is 2.50. The van der Waals surface area contributed by atoms with Crippen LogP contribution in [-0.4, -0.2) is 27.6 Å². The van der Waals surface area contributed by atoms with Gasteiger partial charge in [0.2, 0.25) is 0 Å². The molecule has 12 heavy (non-hydrogen) atoms. The van der Waals surface area contributed by atoms with E-state index < -0.39 is 16.8 Å². The second kappa shape index (κ2) is 2.50. The van der Waals surface area contributed by atoms with Gasteiger partial charge in [-0.1, -0.05) is 6.58 Å². The zero-order valence-corrected chi connectivity index (χ0v) is 7.49. The normalized spacial score (nSPS) is 40.9. The fraction of sp³-hybridized carbons (Fsp3) is 0.625. The second-order valence-electron chi connectivity index (χ2n) is 3.39. The van der Waals surface area contributed by atoms with E-state index in [1.165, 1.54) is 0 Å². The third-order valence-corrected chi connectivity index (χ3v) is 3.85. The van der Waals surface area contributed by atoms with Gasteiger partial charge < -0.3 is 9.29 Å². The number of hydrogen-bond acceptors (Lipinski definition) is 3. The van der Waals surface area contributed by atoms with Gasteiger partial charge >= 0.3 is 5.97 Å². The lowest BCUT2D eigenvalue weighted by molar-refractivity contribution is -0.144. The summed E-state index contributed by atoms with van der Waals surface area (Å²) in [5.74, 6) is 0.840.